The molecule has 0 saturated heterocycles. The third-order valence-corrected chi connectivity index (χ3v) is 4.47. The van der Waals surface area contributed by atoms with Crippen molar-refractivity contribution in [3.8, 4) is 0 Å². The number of aliphatic hydroxyl groups excluding tert-OH is 1. The first-order chi connectivity index (χ1) is 9.69. The van der Waals surface area contributed by atoms with Crippen molar-refractivity contribution in [1.29, 1.82) is 0 Å². The number of nitro groups is 1. The first kappa shape index (κ1) is 17.5. The molecule has 21 heavy (non-hydrogen) atoms. The number of nitro benzene ring substituents is 1. The summed E-state index contributed by atoms with van der Waals surface area (Å²) in [6.07, 6.45) is 0.215. The molecule has 0 heterocycles. The zero-order valence-corrected chi connectivity index (χ0v) is 12.4. The van der Waals surface area contributed by atoms with Crippen LogP contribution >= 0.6 is 0 Å². The molecule has 118 valence electrons. The standard InChI is InChI=1S/C12H17FN2O5S/c1-8(2)11(5-6-16)14-21(19,20)9-3-4-12(15(17)18)10(13)7-9/h3-4,7-8,11,14,16H,5-6H2,1-2H3. The van der Waals surface area contributed by atoms with Gasteiger partial charge in [-0.15, -0.1) is 0 Å². The normalized spacial score (nSPS) is 13.4. The molecule has 0 radical (unpaired) electrons. The Hall–Kier alpha value is -1.58. The van der Waals surface area contributed by atoms with Crippen LogP contribution in [-0.4, -0.2) is 31.1 Å². The van der Waals surface area contributed by atoms with Crippen molar-refractivity contribution in [2.24, 2.45) is 5.92 Å². The molecular formula is C12H17FN2O5S. The molecule has 1 aromatic carbocycles. The predicted octanol–water partition coefficient (Wildman–Crippen LogP) is 1.42. The van der Waals surface area contributed by atoms with Gasteiger partial charge in [-0.3, -0.25) is 10.1 Å². The van der Waals surface area contributed by atoms with Crippen molar-refractivity contribution >= 4 is 15.7 Å². The summed E-state index contributed by atoms with van der Waals surface area (Å²) in [5.74, 6) is -1.29. The highest BCUT2D eigenvalue weighted by molar-refractivity contribution is 7.89. The first-order valence-corrected chi connectivity index (χ1v) is 7.74. The van der Waals surface area contributed by atoms with Gasteiger partial charge in [0.05, 0.1) is 9.82 Å². The number of sulfonamides is 1. The second kappa shape index (κ2) is 6.92. The molecule has 1 unspecified atom stereocenters. The Balaban J connectivity index is 3.08. The van der Waals surface area contributed by atoms with Gasteiger partial charge >= 0.3 is 5.69 Å². The van der Waals surface area contributed by atoms with E-state index in [1.165, 1.54) is 0 Å². The summed E-state index contributed by atoms with van der Waals surface area (Å²) in [5, 5.41) is 19.4. The molecule has 2 N–H and O–H groups in total. The van der Waals surface area contributed by atoms with Crippen LogP contribution in [0, 0.1) is 21.8 Å². The fourth-order valence-electron chi connectivity index (χ4n) is 1.74. The van der Waals surface area contributed by atoms with Crippen molar-refractivity contribution in [2.45, 2.75) is 31.2 Å². The summed E-state index contributed by atoms with van der Waals surface area (Å²) in [7, 11) is -4.02. The van der Waals surface area contributed by atoms with E-state index >= 15 is 0 Å². The monoisotopic (exact) mass is 320 g/mol. The number of hydrogen-bond acceptors (Lipinski definition) is 5. The first-order valence-electron chi connectivity index (χ1n) is 6.26. The molecule has 0 aliphatic carbocycles. The second-order valence-corrected chi connectivity index (χ2v) is 6.57. The Bertz CT molecular complexity index is 618. The van der Waals surface area contributed by atoms with Crippen LogP contribution in [0.25, 0.3) is 0 Å². The topological polar surface area (TPSA) is 110 Å². The van der Waals surface area contributed by atoms with Gasteiger partial charge < -0.3 is 5.11 Å². The largest absolute Gasteiger partial charge is 0.396 e. The highest BCUT2D eigenvalue weighted by Gasteiger charge is 2.24. The van der Waals surface area contributed by atoms with E-state index in [-0.39, 0.29) is 18.9 Å². The third kappa shape index (κ3) is 4.45. The summed E-state index contributed by atoms with van der Waals surface area (Å²) < 4.78 is 40.1. The van der Waals surface area contributed by atoms with E-state index in [9.17, 15) is 22.9 Å². The molecule has 0 aliphatic heterocycles. The number of nitrogens with zero attached hydrogens (tertiary/aromatic N) is 1. The maximum absolute atomic E-state index is 13.5. The van der Waals surface area contributed by atoms with E-state index in [1.807, 2.05) is 0 Å². The van der Waals surface area contributed by atoms with Crippen LogP contribution in [0.2, 0.25) is 0 Å². The van der Waals surface area contributed by atoms with E-state index in [0.717, 1.165) is 12.1 Å². The molecule has 1 aromatic rings. The minimum absolute atomic E-state index is 0.0742. The molecular weight excluding hydrogens is 303 g/mol. The fourth-order valence-corrected chi connectivity index (χ4v) is 3.17. The van der Waals surface area contributed by atoms with Crippen LogP contribution in [-0.2, 0) is 10.0 Å². The molecule has 0 aliphatic rings. The van der Waals surface area contributed by atoms with E-state index in [4.69, 9.17) is 5.11 Å². The Labute approximate surface area is 122 Å². The highest BCUT2D eigenvalue weighted by Crippen LogP contribution is 2.21. The van der Waals surface area contributed by atoms with Gasteiger partial charge in [0.1, 0.15) is 0 Å². The fraction of sp³-hybridized carbons (Fsp3) is 0.500. The minimum Gasteiger partial charge on any atom is -0.396 e. The average molecular weight is 320 g/mol. The Morgan fingerprint density at radius 1 is 1.43 bits per heavy atom. The summed E-state index contributed by atoms with van der Waals surface area (Å²) in [4.78, 5) is 9.18. The molecule has 0 aromatic heterocycles. The SMILES string of the molecule is CC(C)C(CCO)NS(=O)(=O)c1ccc([N+](=O)[O-])c(F)c1. The molecule has 0 bridgehead atoms. The number of benzene rings is 1. The molecule has 9 heteroatoms. The van der Waals surface area contributed by atoms with Crippen molar-refractivity contribution < 1.29 is 22.8 Å². The van der Waals surface area contributed by atoms with Crippen molar-refractivity contribution in [3.05, 3.63) is 34.1 Å². The van der Waals surface area contributed by atoms with Crippen LogP contribution in [0.1, 0.15) is 20.3 Å². The summed E-state index contributed by atoms with van der Waals surface area (Å²) in [5.41, 5.74) is -0.787. The number of aliphatic hydroxyl groups is 1. The van der Waals surface area contributed by atoms with E-state index in [2.05, 4.69) is 4.72 Å². The Morgan fingerprint density at radius 2 is 2.05 bits per heavy atom. The molecule has 0 spiro atoms. The average Bonchev–Trinajstić information content (AvgIpc) is 2.37. The van der Waals surface area contributed by atoms with Crippen LogP contribution in [0.3, 0.4) is 0 Å². The lowest BCUT2D eigenvalue weighted by Crippen LogP contribution is -2.39. The number of hydrogen-bond donors (Lipinski definition) is 2. The molecule has 0 amide bonds. The molecule has 0 saturated carbocycles. The van der Waals surface area contributed by atoms with Crippen LogP contribution in [0.5, 0.6) is 0 Å². The quantitative estimate of drug-likeness (QED) is 0.583. The van der Waals surface area contributed by atoms with Gasteiger partial charge in [0.25, 0.3) is 0 Å². The van der Waals surface area contributed by atoms with Crippen molar-refractivity contribution in [2.75, 3.05) is 6.61 Å². The van der Waals surface area contributed by atoms with Crippen molar-refractivity contribution in [1.82, 2.24) is 4.72 Å². The smallest absolute Gasteiger partial charge is 0.304 e. The third-order valence-electron chi connectivity index (χ3n) is 2.98. The van der Waals surface area contributed by atoms with E-state index in [0.29, 0.717) is 6.07 Å². The minimum atomic E-state index is -4.02. The van der Waals surface area contributed by atoms with Gasteiger partial charge in [-0.1, -0.05) is 13.8 Å². The zero-order chi connectivity index (χ0) is 16.2. The molecule has 1 atom stereocenters. The Morgan fingerprint density at radius 3 is 2.48 bits per heavy atom. The number of halogens is 1. The summed E-state index contributed by atoms with van der Waals surface area (Å²) in [6.45, 7) is 3.36. The van der Waals surface area contributed by atoms with Crippen molar-refractivity contribution in [3.63, 3.8) is 0 Å². The highest BCUT2D eigenvalue weighted by atomic mass is 32.2. The Kier molecular flexibility index (Phi) is 5.76. The molecule has 1 rings (SSSR count). The predicted molar refractivity (Wildman–Crippen MR) is 73.7 cm³/mol. The van der Waals surface area contributed by atoms with E-state index < -0.39 is 37.4 Å². The van der Waals surface area contributed by atoms with Crippen LogP contribution in [0.4, 0.5) is 10.1 Å². The summed E-state index contributed by atoms with van der Waals surface area (Å²) in [6, 6.07) is 1.87. The number of rotatable bonds is 7. The summed E-state index contributed by atoms with van der Waals surface area (Å²) >= 11 is 0. The van der Waals surface area contributed by atoms with Gasteiger partial charge in [-0.2, -0.15) is 4.39 Å². The second-order valence-electron chi connectivity index (χ2n) is 4.85. The van der Waals surface area contributed by atoms with E-state index in [1.54, 1.807) is 13.8 Å². The van der Waals surface area contributed by atoms with Gasteiger partial charge in [0, 0.05) is 24.8 Å². The van der Waals surface area contributed by atoms with Gasteiger partial charge in [-0.05, 0) is 18.4 Å². The lowest BCUT2D eigenvalue weighted by atomic mass is 10.0. The number of nitrogens with one attached hydrogen (secondary N) is 1. The zero-order valence-electron chi connectivity index (χ0n) is 11.6. The van der Waals surface area contributed by atoms with Gasteiger partial charge in [-0.25, -0.2) is 13.1 Å². The lowest BCUT2D eigenvalue weighted by Gasteiger charge is -2.21. The molecule has 0 fully saturated rings. The van der Waals surface area contributed by atoms with Crippen LogP contribution in [0.15, 0.2) is 23.1 Å². The van der Waals surface area contributed by atoms with Gasteiger partial charge in [0.15, 0.2) is 0 Å². The lowest BCUT2D eigenvalue weighted by molar-refractivity contribution is -0.387. The maximum atomic E-state index is 13.5. The maximum Gasteiger partial charge on any atom is 0.304 e. The van der Waals surface area contributed by atoms with Gasteiger partial charge in [0.2, 0.25) is 15.8 Å². The molecule has 7 nitrogen and oxygen atoms in total. The van der Waals surface area contributed by atoms with Crippen LogP contribution < -0.4 is 4.72 Å².